The van der Waals surface area contributed by atoms with E-state index in [1.807, 2.05) is 0 Å². The third-order valence-corrected chi connectivity index (χ3v) is 6.98. The highest BCUT2D eigenvalue weighted by Crippen LogP contribution is 2.10. The monoisotopic (exact) mass is 612 g/mol. The molecule has 0 saturated carbocycles. The number of hydrogen-bond acceptors (Lipinski definition) is 5. The van der Waals surface area contributed by atoms with E-state index < -0.39 is 6.10 Å². The van der Waals surface area contributed by atoms with Crippen molar-refractivity contribution in [3.8, 4) is 0 Å². The van der Waals surface area contributed by atoms with Crippen molar-refractivity contribution in [3.63, 3.8) is 0 Å². The number of aliphatic hydroxyl groups is 1. The van der Waals surface area contributed by atoms with Crippen LogP contribution in [0.2, 0.25) is 0 Å². The molecule has 250 valence electrons. The van der Waals surface area contributed by atoms with Gasteiger partial charge >= 0.3 is 11.9 Å². The van der Waals surface area contributed by atoms with Gasteiger partial charge in [0.05, 0.1) is 6.61 Å². The molecule has 0 aromatic carbocycles. The quantitative estimate of drug-likeness (QED) is 0.0496. The van der Waals surface area contributed by atoms with Gasteiger partial charge in [0, 0.05) is 12.8 Å². The second-order valence-corrected chi connectivity index (χ2v) is 11.2. The first-order valence-electron chi connectivity index (χ1n) is 17.5. The van der Waals surface area contributed by atoms with Gasteiger partial charge in [-0.25, -0.2) is 0 Å². The van der Waals surface area contributed by atoms with Crippen molar-refractivity contribution in [2.24, 2.45) is 0 Å². The average molecular weight is 613 g/mol. The molecule has 0 saturated heterocycles. The van der Waals surface area contributed by atoms with Gasteiger partial charge in [-0.05, 0) is 83.5 Å². The fraction of sp³-hybridized carbons (Fsp3) is 0.641. The van der Waals surface area contributed by atoms with E-state index in [0.29, 0.717) is 12.8 Å². The number of aliphatic hydroxyl groups excluding tert-OH is 1. The van der Waals surface area contributed by atoms with Gasteiger partial charge < -0.3 is 14.6 Å². The molecular weight excluding hydrogens is 548 g/mol. The molecular formula is C39H64O5. The summed E-state index contributed by atoms with van der Waals surface area (Å²) in [6.07, 6.45) is 45.2. The van der Waals surface area contributed by atoms with Crippen LogP contribution in [0.1, 0.15) is 142 Å². The third kappa shape index (κ3) is 32.3. The molecule has 5 nitrogen and oxygen atoms in total. The maximum atomic E-state index is 12.1. The van der Waals surface area contributed by atoms with Gasteiger partial charge in [-0.15, -0.1) is 0 Å². The van der Waals surface area contributed by atoms with Crippen molar-refractivity contribution in [1.29, 1.82) is 0 Å². The predicted octanol–water partition coefficient (Wildman–Crippen LogP) is 10.6. The van der Waals surface area contributed by atoms with Crippen LogP contribution in [0.25, 0.3) is 0 Å². The lowest BCUT2D eigenvalue weighted by Crippen LogP contribution is -2.28. The van der Waals surface area contributed by atoms with E-state index >= 15 is 0 Å². The zero-order chi connectivity index (χ0) is 32.2. The molecule has 1 unspecified atom stereocenters. The molecule has 0 aromatic rings. The molecule has 0 amide bonds. The summed E-state index contributed by atoms with van der Waals surface area (Å²) >= 11 is 0. The number of rotatable bonds is 30. The van der Waals surface area contributed by atoms with Crippen molar-refractivity contribution < 1.29 is 24.2 Å². The standard InChI is InChI=1S/C39H64O5/c1-3-5-7-9-11-13-15-17-19-21-23-25-27-29-31-33-38(41)43-36-37(35-40)44-39(42)34-32-30-28-26-24-22-20-18-16-14-12-10-8-6-4-2/h6,8,11-14,17-20,24,26,37,40H,3-5,7,9-10,15-16,21-23,25,27-36H2,1-2H3/b8-6-,13-11-,14-12-,19-17-,20-18-,26-24-. The Morgan fingerprint density at radius 2 is 0.977 bits per heavy atom. The molecule has 0 aromatic heterocycles. The summed E-state index contributed by atoms with van der Waals surface area (Å²) in [5.41, 5.74) is 0. The molecule has 1 atom stereocenters. The zero-order valence-corrected chi connectivity index (χ0v) is 28.1. The highest BCUT2D eigenvalue weighted by molar-refractivity contribution is 5.70. The first-order valence-corrected chi connectivity index (χ1v) is 17.5. The second-order valence-electron chi connectivity index (χ2n) is 11.2. The zero-order valence-electron chi connectivity index (χ0n) is 28.1. The van der Waals surface area contributed by atoms with Gasteiger partial charge in [0.1, 0.15) is 6.61 Å². The SMILES string of the molecule is CC/C=C\C/C=C\C/C=C\C/C=C\CCCCC(=O)OC(CO)COC(=O)CCCCCCC/C=C\C/C=C\CCCCC. The lowest BCUT2D eigenvalue weighted by Gasteiger charge is -2.15. The predicted molar refractivity (Wildman–Crippen MR) is 186 cm³/mol. The molecule has 1 N–H and O–H groups in total. The molecule has 44 heavy (non-hydrogen) atoms. The van der Waals surface area contributed by atoms with Gasteiger partial charge in [-0.2, -0.15) is 0 Å². The Labute approximate surface area is 270 Å². The molecule has 0 aliphatic carbocycles. The Morgan fingerprint density at radius 3 is 1.52 bits per heavy atom. The van der Waals surface area contributed by atoms with Gasteiger partial charge in [-0.1, -0.05) is 119 Å². The molecule has 0 spiro atoms. The molecule has 0 rings (SSSR count). The fourth-order valence-corrected chi connectivity index (χ4v) is 4.34. The lowest BCUT2D eigenvalue weighted by molar-refractivity contribution is -0.161. The van der Waals surface area contributed by atoms with E-state index in [1.165, 1.54) is 32.1 Å². The molecule has 0 fully saturated rings. The van der Waals surface area contributed by atoms with Gasteiger partial charge in [0.2, 0.25) is 0 Å². The molecule has 5 heteroatoms. The van der Waals surface area contributed by atoms with E-state index in [4.69, 9.17) is 9.47 Å². The summed E-state index contributed by atoms with van der Waals surface area (Å²) in [7, 11) is 0. The summed E-state index contributed by atoms with van der Waals surface area (Å²) in [5, 5.41) is 9.51. The van der Waals surface area contributed by atoms with Crippen molar-refractivity contribution in [3.05, 3.63) is 72.9 Å². The second kappa shape index (κ2) is 34.8. The van der Waals surface area contributed by atoms with E-state index in [1.54, 1.807) is 0 Å². The van der Waals surface area contributed by atoms with Gasteiger partial charge in [0.25, 0.3) is 0 Å². The maximum Gasteiger partial charge on any atom is 0.306 e. The normalized spacial score (nSPS) is 13.1. The fourth-order valence-electron chi connectivity index (χ4n) is 4.34. The number of unbranched alkanes of at least 4 members (excludes halogenated alkanes) is 10. The van der Waals surface area contributed by atoms with Crippen molar-refractivity contribution in [2.45, 2.75) is 148 Å². The Bertz CT molecular complexity index is 833. The molecule has 0 aliphatic heterocycles. The number of carbonyl (C=O) groups is 2. The summed E-state index contributed by atoms with van der Waals surface area (Å²) in [5.74, 6) is -0.665. The molecule has 0 heterocycles. The van der Waals surface area contributed by atoms with Crippen LogP contribution in [0.3, 0.4) is 0 Å². The Kier molecular flexibility index (Phi) is 32.7. The van der Waals surface area contributed by atoms with Crippen LogP contribution in [0.4, 0.5) is 0 Å². The Balaban J connectivity index is 3.71. The van der Waals surface area contributed by atoms with Crippen LogP contribution in [-0.4, -0.2) is 36.4 Å². The summed E-state index contributed by atoms with van der Waals surface area (Å²) < 4.78 is 10.5. The number of carbonyl (C=O) groups excluding carboxylic acids is 2. The van der Waals surface area contributed by atoms with Gasteiger partial charge in [-0.3, -0.25) is 9.59 Å². The summed E-state index contributed by atoms with van der Waals surface area (Å²) in [6, 6.07) is 0. The molecule has 0 radical (unpaired) electrons. The molecule has 0 aliphatic rings. The van der Waals surface area contributed by atoms with Crippen LogP contribution in [0.5, 0.6) is 0 Å². The number of allylic oxidation sites excluding steroid dienone is 12. The maximum absolute atomic E-state index is 12.1. The van der Waals surface area contributed by atoms with Crippen molar-refractivity contribution in [1.82, 2.24) is 0 Å². The van der Waals surface area contributed by atoms with Gasteiger partial charge in [0.15, 0.2) is 6.10 Å². The highest BCUT2D eigenvalue weighted by atomic mass is 16.6. The van der Waals surface area contributed by atoms with E-state index in [0.717, 1.165) is 83.5 Å². The third-order valence-electron chi connectivity index (χ3n) is 6.98. The minimum atomic E-state index is -0.801. The first kappa shape index (κ1) is 41.3. The summed E-state index contributed by atoms with van der Waals surface area (Å²) in [6.45, 7) is 3.92. The summed E-state index contributed by atoms with van der Waals surface area (Å²) in [4.78, 5) is 24.1. The van der Waals surface area contributed by atoms with E-state index in [2.05, 4.69) is 86.8 Å². The van der Waals surface area contributed by atoms with Crippen LogP contribution in [0, 0.1) is 0 Å². The minimum Gasteiger partial charge on any atom is -0.462 e. The number of esters is 2. The van der Waals surface area contributed by atoms with Crippen molar-refractivity contribution >= 4 is 11.9 Å². The van der Waals surface area contributed by atoms with Crippen LogP contribution >= 0.6 is 0 Å². The number of ether oxygens (including phenoxy) is 2. The van der Waals surface area contributed by atoms with Crippen LogP contribution in [-0.2, 0) is 19.1 Å². The topological polar surface area (TPSA) is 72.8 Å². The first-order chi connectivity index (χ1) is 21.6. The highest BCUT2D eigenvalue weighted by Gasteiger charge is 2.16. The van der Waals surface area contributed by atoms with Crippen molar-refractivity contribution in [2.75, 3.05) is 13.2 Å². The van der Waals surface area contributed by atoms with Crippen LogP contribution < -0.4 is 0 Å². The Hall–Kier alpha value is -2.66. The lowest BCUT2D eigenvalue weighted by atomic mass is 10.1. The smallest absolute Gasteiger partial charge is 0.306 e. The Morgan fingerprint density at radius 1 is 0.545 bits per heavy atom. The average Bonchev–Trinajstić information content (AvgIpc) is 3.02. The molecule has 0 bridgehead atoms. The van der Waals surface area contributed by atoms with E-state index in [-0.39, 0.29) is 25.2 Å². The van der Waals surface area contributed by atoms with E-state index in [9.17, 15) is 14.7 Å². The number of hydrogen-bond donors (Lipinski definition) is 1. The largest absolute Gasteiger partial charge is 0.462 e. The minimum absolute atomic E-state index is 0.0940. The van der Waals surface area contributed by atoms with Crippen LogP contribution in [0.15, 0.2) is 72.9 Å².